The van der Waals surface area contributed by atoms with Gasteiger partial charge in [0.15, 0.2) is 0 Å². The summed E-state index contributed by atoms with van der Waals surface area (Å²) < 4.78 is 10.6. The van der Waals surface area contributed by atoms with E-state index in [-0.39, 0.29) is 11.8 Å². The number of benzene rings is 2. The van der Waals surface area contributed by atoms with Gasteiger partial charge >= 0.3 is 0 Å². The smallest absolute Gasteiger partial charge is 0.255 e. The van der Waals surface area contributed by atoms with Crippen LogP contribution in [0.2, 0.25) is 0 Å². The number of hydrogen-bond donors (Lipinski definition) is 4. The van der Waals surface area contributed by atoms with Crippen LogP contribution in [0.3, 0.4) is 0 Å². The monoisotopic (exact) mass is 459 g/mol. The molecule has 0 radical (unpaired) electrons. The second kappa shape index (κ2) is 10.5. The normalized spacial score (nSPS) is 11.9. The fourth-order valence-electron chi connectivity index (χ4n) is 3.44. The Hall–Kier alpha value is -4.37. The number of aromatic nitrogens is 1. The van der Waals surface area contributed by atoms with Crippen LogP contribution in [0.25, 0.3) is 0 Å². The third kappa shape index (κ3) is 5.51. The number of anilines is 5. The second-order valence-corrected chi connectivity index (χ2v) is 7.46. The molecular weight excluding hydrogens is 434 g/mol. The van der Waals surface area contributed by atoms with E-state index in [2.05, 4.69) is 32.8 Å². The SMILES string of the molecule is C=CC(=O)Nc1cccc(Nc2cc3c(c(Nc4ccc(OCCOC)cc4)n2)C(=O)NC3)c1. The second-order valence-electron chi connectivity index (χ2n) is 7.46. The van der Waals surface area contributed by atoms with Gasteiger partial charge in [-0.1, -0.05) is 12.6 Å². The first-order valence-corrected chi connectivity index (χ1v) is 10.7. The molecule has 2 heterocycles. The minimum absolute atomic E-state index is 0.176. The zero-order valence-electron chi connectivity index (χ0n) is 18.7. The van der Waals surface area contributed by atoms with Crippen molar-refractivity contribution in [2.45, 2.75) is 6.54 Å². The van der Waals surface area contributed by atoms with Gasteiger partial charge in [0.1, 0.15) is 24.0 Å². The molecule has 1 aliphatic rings. The Morgan fingerprint density at radius 1 is 1.09 bits per heavy atom. The average Bonchev–Trinajstić information content (AvgIpc) is 3.21. The van der Waals surface area contributed by atoms with Gasteiger partial charge in [-0.3, -0.25) is 9.59 Å². The van der Waals surface area contributed by atoms with Gasteiger partial charge in [-0.2, -0.15) is 0 Å². The predicted molar refractivity (Wildman–Crippen MR) is 131 cm³/mol. The topological polar surface area (TPSA) is 114 Å². The lowest BCUT2D eigenvalue weighted by Gasteiger charge is -2.14. The van der Waals surface area contributed by atoms with Crippen LogP contribution in [-0.2, 0) is 16.1 Å². The maximum absolute atomic E-state index is 12.4. The van der Waals surface area contributed by atoms with Gasteiger partial charge in [0.2, 0.25) is 5.91 Å². The summed E-state index contributed by atoms with van der Waals surface area (Å²) in [5.74, 6) is 1.25. The van der Waals surface area contributed by atoms with Crippen LogP contribution >= 0.6 is 0 Å². The van der Waals surface area contributed by atoms with Crippen LogP contribution in [0.15, 0.2) is 67.3 Å². The van der Waals surface area contributed by atoms with Gasteiger partial charge in [-0.15, -0.1) is 0 Å². The van der Waals surface area contributed by atoms with Crippen molar-refractivity contribution in [3.63, 3.8) is 0 Å². The molecule has 34 heavy (non-hydrogen) atoms. The summed E-state index contributed by atoms with van der Waals surface area (Å²) in [4.78, 5) is 28.7. The number of methoxy groups -OCH3 is 1. The minimum atomic E-state index is -0.293. The molecule has 3 aromatic rings. The third-order valence-electron chi connectivity index (χ3n) is 5.03. The van der Waals surface area contributed by atoms with Gasteiger partial charge in [-0.05, 0) is 60.2 Å². The zero-order valence-corrected chi connectivity index (χ0v) is 18.7. The maximum atomic E-state index is 12.4. The number of fused-ring (bicyclic) bond motifs is 1. The Morgan fingerprint density at radius 3 is 2.65 bits per heavy atom. The maximum Gasteiger partial charge on any atom is 0.255 e. The molecule has 2 amide bonds. The Kier molecular flexibility index (Phi) is 7.04. The molecule has 2 aromatic carbocycles. The number of rotatable bonds is 10. The van der Waals surface area contributed by atoms with E-state index in [0.717, 1.165) is 22.7 Å². The molecule has 174 valence electrons. The van der Waals surface area contributed by atoms with Crippen LogP contribution < -0.4 is 26.0 Å². The first-order valence-electron chi connectivity index (χ1n) is 10.7. The molecule has 0 bridgehead atoms. The Bertz CT molecular complexity index is 1210. The van der Waals surface area contributed by atoms with E-state index in [1.54, 1.807) is 19.2 Å². The quantitative estimate of drug-likeness (QED) is 0.268. The van der Waals surface area contributed by atoms with E-state index in [1.807, 2.05) is 42.5 Å². The van der Waals surface area contributed by atoms with Crippen molar-refractivity contribution in [1.82, 2.24) is 10.3 Å². The van der Waals surface area contributed by atoms with Gasteiger partial charge in [0.25, 0.3) is 5.91 Å². The molecule has 0 saturated heterocycles. The predicted octanol–water partition coefficient (Wildman–Crippen LogP) is 3.96. The highest BCUT2D eigenvalue weighted by Gasteiger charge is 2.25. The summed E-state index contributed by atoms with van der Waals surface area (Å²) in [6.07, 6.45) is 1.21. The van der Waals surface area contributed by atoms with E-state index >= 15 is 0 Å². The van der Waals surface area contributed by atoms with Gasteiger partial charge < -0.3 is 30.7 Å². The van der Waals surface area contributed by atoms with Crippen molar-refractivity contribution >= 4 is 40.5 Å². The Labute approximate surface area is 197 Å². The molecule has 4 rings (SSSR count). The molecule has 9 heteroatoms. The molecule has 0 aliphatic carbocycles. The highest BCUT2D eigenvalue weighted by Crippen LogP contribution is 2.30. The number of carbonyl (C=O) groups excluding carboxylic acids is 2. The summed E-state index contributed by atoms with van der Waals surface area (Å²) >= 11 is 0. The standard InChI is InChI=1S/C25H25N5O4/c1-3-22(31)28-19-6-4-5-18(14-19)27-21-13-16-15-26-25(32)23(16)24(30-21)29-17-7-9-20(10-8-17)34-12-11-33-2/h3-10,13-14H,1,11-12,15H2,2H3,(H,26,32)(H,28,31)(H2,27,29,30). The third-order valence-corrected chi connectivity index (χ3v) is 5.03. The highest BCUT2D eigenvalue weighted by molar-refractivity contribution is 6.03. The molecule has 0 atom stereocenters. The Morgan fingerprint density at radius 2 is 1.88 bits per heavy atom. The molecule has 1 aliphatic heterocycles. The molecule has 0 saturated carbocycles. The molecule has 1 aromatic heterocycles. The average molecular weight is 460 g/mol. The van der Waals surface area contributed by atoms with E-state index in [0.29, 0.717) is 42.6 Å². The number of hydrogen-bond acceptors (Lipinski definition) is 7. The van der Waals surface area contributed by atoms with Crippen molar-refractivity contribution in [3.8, 4) is 5.75 Å². The number of ether oxygens (including phenoxy) is 2. The first kappa shape index (κ1) is 22.8. The van der Waals surface area contributed by atoms with E-state index in [9.17, 15) is 9.59 Å². The van der Waals surface area contributed by atoms with Gasteiger partial charge in [0.05, 0.1) is 12.2 Å². The van der Waals surface area contributed by atoms with Gasteiger partial charge in [-0.25, -0.2) is 4.98 Å². The highest BCUT2D eigenvalue weighted by atomic mass is 16.5. The van der Waals surface area contributed by atoms with E-state index < -0.39 is 0 Å². The Balaban J connectivity index is 1.55. The summed E-state index contributed by atoms with van der Waals surface area (Å²) in [5, 5.41) is 12.1. The fourth-order valence-corrected chi connectivity index (χ4v) is 3.44. The van der Waals surface area contributed by atoms with E-state index in [4.69, 9.17) is 9.47 Å². The lowest BCUT2D eigenvalue weighted by atomic mass is 10.1. The summed E-state index contributed by atoms with van der Waals surface area (Å²) in [6, 6.07) is 16.5. The van der Waals surface area contributed by atoms with Crippen molar-refractivity contribution in [2.24, 2.45) is 0 Å². The van der Waals surface area contributed by atoms with E-state index in [1.165, 1.54) is 6.08 Å². The van der Waals surface area contributed by atoms with Crippen molar-refractivity contribution in [2.75, 3.05) is 36.3 Å². The molecule has 0 spiro atoms. The molecule has 0 unspecified atom stereocenters. The van der Waals surface area contributed by atoms with Crippen molar-refractivity contribution < 1.29 is 19.1 Å². The van der Waals surface area contributed by atoms with Crippen molar-refractivity contribution in [3.05, 3.63) is 78.4 Å². The van der Waals surface area contributed by atoms with Crippen LogP contribution in [0.5, 0.6) is 5.75 Å². The summed E-state index contributed by atoms with van der Waals surface area (Å²) in [6.45, 7) is 4.85. The molecule has 0 fully saturated rings. The first-order chi connectivity index (χ1) is 16.6. The van der Waals surface area contributed by atoms with Crippen LogP contribution in [0.1, 0.15) is 15.9 Å². The zero-order chi connectivity index (χ0) is 23.9. The van der Waals surface area contributed by atoms with Crippen LogP contribution in [0, 0.1) is 0 Å². The summed E-state index contributed by atoms with van der Waals surface area (Å²) in [7, 11) is 1.62. The minimum Gasteiger partial charge on any atom is -0.491 e. The number of nitrogens with one attached hydrogen (secondary N) is 4. The summed E-state index contributed by atoms with van der Waals surface area (Å²) in [5.41, 5.74) is 3.47. The van der Waals surface area contributed by atoms with Crippen LogP contribution in [-0.4, -0.2) is 37.1 Å². The number of pyridine rings is 1. The molecule has 4 N–H and O–H groups in total. The van der Waals surface area contributed by atoms with Crippen LogP contribution in [0.4, 0.5) is 28.7 Å². The molecule has 9 nitrogen and oxygen atoms in total. The molecular formula is C25H25N5O4. The number of amides is 2. The number of carbonyl (C=O) groups is 2. The number of nitrogens with zero attached hydrogens (tertiary/aromatic N) is 1. The van der Waals surface area contributed by atoms with Gasteiger partial charge in [0, 0.05) is 30.7 Å². The lowest BCUT2D eigenvalue weighted by molar-refractivity contribution is -0.111. The van der Waals surface area contributed by atoms with Crippen molar-refractivity contribution in [1.29, 1.82) is 0 Å². The largest absolute Gasteiger partial charge is 0.491 e. The lowest BCUT2D eigenvalue weighted by Crippen LogP contribution is -2.14. The fraction of sp³-hybridized carbons (Fsp3) is 0.160.